The standard InChI is InChI=1S/C21H20N4O3/c26-21(27)14-5-6-16-17(13-14)23-20-19(22-16)15-3-1-2-4-18(15)25(20)8-7-24-9-11-28-12-10-24/h1-6,13H,7-12H2,(H,26,27). The molecule has 142 valence electrons. The van der Waals surface area contributed by atoms with E-state index in [-0.39, 0.29) is 5.56 Å². The number of carboxylic acids is 1. The molecule has 1 aliphatic rings. The molecular weight excluding hydrogens is 356 g/mol. The number of carbonyl (C=O) groups is 1. The number of aromatic nitrogens is 3. The third-order valence-electron chi connectivity index (χ3n) is 5.34. The third-order valence-corrected chi connectivity index (χ3v) is 5.34. The number of morpholine rings is 1. The summed E-state index contributed by atoms with van der Waals surface area (Å²) in [6.07, 6.45) is 0. The maximum Gasteiger partial charge on any atom is 0.335 e. The SMILES string of the molecule is O=C(O)c1ccc2nc3c4ccccc4n(CCN4CCOCC4)c3nc2c1. The first-order valence-corrected chi connectivity index (χ1v) is 9.43. The molecule has 3 heterocycles. The van der Waals surface area contributed by atoms with Crippen molar-refractivity contribution >= 4 is 39.1 Å². The molecule has 7 heteroatoms. The number of aromatic carboxylic acids is 1. The minimum absolute atomic E-state index is 0.220. The highest BCUT2D eigenvalue weighted by atomic mass is 16.5. The molecule has 0 bridgehead atoms. The number of fused-ring (bicyclic) bond motifs is 4. The first kappa shape index (κ1) is 17.1. The lowest BCUT2D eigenvalue weighted by atomic mass is 10.2. The quantitative estimate of drug-likeness (QED) is 0.590. The van der Waals surface area contributed by atoms with Crippen LogP contribution in [0.3, 0.4) is 0 Å². The molecule has 0 aliphatic carbocycles. The van der Waals surface area contributed by atoms with Gasteiger partial charge in [-0.25, -0.2) is 14.8 Å². The second-order valence-electron chi connectivity index (χ2n) is 7.03. The van der Waals surface area contributed by atoms with Gasteiger partial charge in [0, 0.05) is 31.6 Å². The lowest BCUT2D eigenvalue weighted by molar-refractivity contribution is 0.0366. The molecule has 0 saturated carbocycles. The summed E-state index contributed by atoms with van der Waals surface area (Å²) in [6, 6.07) is 13.1. The largest absolute Gasteiger partial charge is 0.478 e. The van der Waals surface area contributed by atoms with E-state index in [1.807, 2.05) is 12.1 Å². The van der Waals surface area contributed by atoms with Crippen LogP contribution in [0.2, 0.25) is 0 Å². The molecule has 2 aromatic heterocycles. The number of hydrogen-bond donors (Lipinski definition) is 1. The molecule has 28 heavy (non-hydrogen) atoms. The fourth-order valence-corrected chi connectivity index (χ4v) is 3.86. The van der Waals surface area contributed by atoms with Gasteiger partial charge >= 0.3 is 5.97 Å². The molecule has 1 fully saturated rings. The molecule has 1 aliphatic heterocycles. The van der Waals surface area contributed by atoms with Gasteiger partial charge in [0.1, 0.15) is 5.52 Å². The second-order valence-corrected chi connectivity index (χ2v) is 7.03. The summed E-state index contributed by atoms with van der Waals surface area (Å²) in [5.41, 5.74) is 4.27. The number of rotatable bonds is 4. The van der Waals surface area contributed by atoms with E-state index in [2.05, 4.69) is 21.6 Å². The van der Waals surface area contributed by atoms with E-state index >= 15 is 0 Å². The number of hydrogen-bond acceptors (Lipinski definition) is 5. The zero-order valence-corrected chi connectivity index (χ0v) is 15.3. The maximum atomic E-state index is 11.3. The molecule has 1 N–H and O–H groups in total. The van der Waals surface area contributed by atoms with Gasteiger partial charge in [-0.05, 0) is 24.3 Å². The van der Waals surface area contributed by atoms with Crippen molar-refractivity contribution in [1.29, 1.82) is 0 Å². The van der Waals surface area contributed by atoms with E-state index < -0.39 is 5.97 Å². The summed E-state index contributed by atoms with van der Waals surface area (Å²) in [7, 11) is 0. The van der Waals surface area contributed by atoms with Gasteiger partial charge in [0.15, 0.2) is 5.65 Å². The molecule has 1 saturated heterocycles. The summed E-state index contributed by atoms with van der Waals surface area (Å²) in [4.78, 5) is 23.3. The number of ether oxygens (including phenoxy) is 1. The number of benzene rings is 2. The monoisotopic (exact) mass is 376 g/mol. The molecule has 0 spiro atoms. The Morgan fingerprint density at radius 3 is 2.68 bits per heavy atom. The molecule has 7 nitrogen and oxygen atoms in total. The summed E-state index contributed by atoms with van der Waals surface area (Å²) in [5, 5.41) is 10.4. The first-order chi connectivity index (χ1) is 13.7. The van der Waals surface area contributed by atoms with E-state index in [1.54, 1.807) is 18.2 Å². The summed E-state index contributed by atoms with van der Waals surface area (Å²) < 4.78 is 7.63. The Balaban J connectivity index is 1.65. The van der Waals surface area contributed by atoms with Crippen LogP contribution < -0.4 is 0 Å². The molecule has 5 rings (SSSR count). The minimum atomic E-state index is -0.961. The highest BCUT2D eigenvalue weighted by Gasteiger charge is 2.17. The van der Waals surface area contributed by atoms with Crippen LogP contribution in [0.4, 0.5) is 0 Å². The van der Waals surface area contributed by atoms with E-state index in [0.29, 0.717) is 11.0 Å². The van der Waals surface area contributed by atoms with Crippen molar-refractivity contribution in [2.24, 2.45) is 0 Å². The van der Waals surface area contributed by atoms with Crippen molar-refractivity contribution in [2.45, 2.75) is 6.54 Å². The first-order valence-electron chi connectivity index (χ1n) is 9.43. The summed E-state index contributed by atoms with van der Waals surface area (Å²) in [5.74, 6) is -0.961. The lowest BCUT2D eigenvalue weighted by Gasteiger charge is -2.26. The highest BCUT2D eigenvalue weighted by Crippen LogP contribution is 2.28. The Hall–Kier alpha value is -3.03. The fourth-order valence-electron chi connectivity index (χ4n) is 3.86. The Bertz CT molecular complexity index is 1190. The Labute approximate surface area is 161 Å². The van der Waals surface area contributed by atoms with E-state index in [4.69, 9.17) is 14.7 Å². The number of nitrogens with zero attached hydrogens (tertiary/aromatic N) is 4. The van der Waals surface area contributed by atoms with Crippen molar-refractivity contribution in [3.63, 3.8) is 0 Å². The normalized spacial score (nSPS) is 15.6. The van der Waals surface area contributed by atoms with Crippen LogP contribution in [-0.4, -0.2) is 63.4 Å². The van der Waals surface area contributed by atoms with Crippen LogP contribution in [-0.2, 0) is 11.3 Å². The predicted molar refractivity (Wildman–Crippen MR) is 107 cm³/mol. The zero-order valence-electron chi connectivity index (χ0n) is 15.3. The maximum absolute atomic E-state index is 11.3. The average Bonchev–Trinajstić information content (AvgIpc) is 3.03. The number of para-hydroxylation sites is 1. The van der Waals surface area contributed by atoms with Crippen LogP contribution in [0, 0.1) is 0 Å². The number of carboxylic acid groups (broad SMARTS) is 1. The van der Waals surface area contributed by atoms with Crippen LogP contribution in [0.25, 0.3) is 33.1 Å². The van der Waals surface area contributed by atoms with Gasteiger partial charge in [-0.15, -0.1) is 0 Å². The highest BCUT2D eigenvalue weighted by molar-refractivity contribution is 6.06. The van der Waals surface area contributed by atoms with E-state index in [1.165, 1.54) is 0 Å². The van der Waals surface area contributed by atoms with Crippen molar-refractivity contribution in [3.8, 4) is 0 Å². The third kappa shape index (κ3) is 2.89. The van der Waals surface area contributed by atoms with Gasteiger partial charge in [-0.3, -0.25) is 4.90 Å². The van der Waals surface area contributed by atoms with Gasteiger partial charge in [-0.2, -0.15) is 0 Å². The summed E-state index contributed by atoms with van der Waals surface area (Å²) in [6.45, 7) is 5.13. The molecule has 2 aromatic carbocycles. The summed E-state index contributed by atoms with van der Waals surface area (Å²) >= 11 is 0. The van der Waals surface area contributed by atoms with E-state index in [0.717, 1.165) is 61.5 Å². The van der Waals surface area contributed by atoms with Gasteiger partial charge in [0.05, 0.1) is 35.3 Å². The zero-order chi connectivity index (χ0) is 19.1. The van der Waals surface area contributed by atoms with Crippen molar-refractivity contribution in [3.05, 3.63) is 48.0 Å². The minimum Gasteiger partial charge on any atom is -0.478 e. The van der Waals surface area contributed by atoms with Crippen LogP contribution in [0.15, 0.2) is 42.5 Å². The second kappa shape index (κ2) is 6.85. The average molecular weight is 376 g/mol. The lowest BCUT2D eigenvalue weighted by Crippen LogP contribution is -2.38. The van der Waals surface area contributed by atoms with Gasteiger partial charge in [0.25, 0.3) is 0 Å². The van der Waals surface area contributed by atoms with Gasteiger partial charge in [0.2, 0.25) is 0 Å². The molecule has 0 amide bonds. The van der Waals surface area contributed by atoms with Crippen molar-refractivity contribution < 1.29 is 14.6 Å². The van der Waals surface area contributed by atoms with Crippen molar-refractivity contribution in [1.82, 2.24) is 19.4 Å². The molecule has 0 atom stereocenters. The fraction of sp³-hybridized carbons (Fsp3) is 0.286. The van der Waals surface area contributed by atoms with E-state index in [9.17, 15) is 9.90 Å². The predicted octanol–water partition coefficient (Wildman–Crippen LogP) is 2.77. The topological polar surface area (TPSA) is 80.5 Å². The van der Waals surface area contributed by atoms with Gasteiger partial charge in [-0.1, -0.05) is 18.2 Å². The molecular formula is C21H20N4O3. The molecule has 0 radical (unpaired) electrons. The van der Waals surface area contributed by atoms with Crippen LogP contribution in [0.1, 0.15) is 10.4 Å². The Morgan fingerprint density at radius 2 is 1.86 bits per heavy atom. The smallest absolute Gasteiger partial charge is 0.335 e. The van der Waals surface area contributed by atoms with Gasteiger partial charge < -0.3 is 14.4 Å². The van der Waals surface area contributed by atoms with Crippen LogP contribution >= 0.6 is 0 Å². The van der Waals surface area contributed by atoms with Crippen LogP contribution in [0.5, 0.6) is 0 Å². The Kier molecular flexibility index (Phi) is 4.18. The molecule has 0 unspecified atom stereocenters. The van der Waals surface area contributed by atoms with Crippen molar-refractivity contribution in [2.75, 3.05) is 32.8 Å². The Morgan fingerprint density at radius 1 is 1.04 bits per heavy atom. The molecule has 4 aromatic rings.